The van der Waals surface area contributed by atoms with Gasteiger partial charge >= 0.3 is 0 Å². The predicted molar refractivity (Wildman–Crippen MR) is 86.3 cm³/mol. The minimum absolute atomic E-state index is 0.264. The van der Waals surface area contributed by atoms with E-state index in [0.717, 1.165) is 5.56 Å². The highest BCUT2D eigenvalue weighted by Crippen LogP contribution is 2.12. The van der Waals surface area contributed by atoms with Crippen molar-refractivity contribution < 1.29 is 9.53 Å². The van der Waals surface area contributed by atoms with Crippen LogP contribution in [-0.4, -0.2) is 18.1 Å². The van der Waals surface area contributed by atoms with Crippen LogP contribution in [0.1, 0.15) is 15.9 Å². The first-order valence-electron chi connectivity index (χ1n) is 6.46. The second-order valence-corrected chi connectivity index (χ2v) is 4.76. The summed E-state index contributed by atoms with van der Waals surface area (Å²) in [5.41, 5.74) is 1.59. The molecule has 0 aliphatic heterocycles. The Labute approximate surface area is 129 Å². The Morgan fingerprint density at radius 1 is 1.14 bits per heavy atom. The van der Waals surface area contributed by atoms with Gasteiger partial charge in [-0.2, -0.15) is 0 Å². The van der Waals surface area contributed by atoms with Crippen molar-refractivity contribution in [2.45, 2.75) is 6.54 Å². The summed E-state index contributed by atoms with van der Waals surface area (Å²) in [6.07, 6.45) is 0. The van der Waals surface area contributed by atoms with Crippen LogP contribution in [0.4, 0.5) is 0 Å². The second-order valence-electron chi connectivity index (χ2n) is 4.35. The monoisotopic (exact) mass is 300 g/mol. The molecule has 1 amide bonds. The summed E-state index contributed by atoms with van der Waals surface area (Å²) in [6.45, 7) is 0.568. The average Bonchev–Trinajstić information content (AvgIpc) is 2.54. The Hall–Kier alpha value is -2.40. The van der Waals surface area contributed by atoms with Crippen molar-refractivity contribution in [3.05, 3.63) is 65.7 Å². The molecule has 0 unspecified atom stereocenters. The summed E-state index contributed by atoms with van der Waals surface area (Å²) < 4.78 is 5.09. The number of methoxy groups -OCH3 is 1. The highest BCUT2D eigenvalue weighted by molar-refractivity contribution is 7.80. The summed E-state index contributed by atoms with van der Waals surface area (Å²) in [4.78, 5) is 12.0. The van der Waals surface area contributed by atoms with Crippen LogP contribution >= 0.6 is 12.2 Å². The maximum absolute atomic E-state index is 12.0. The SMILES string of the molecule is COc1cccc(C(=O)NC(=S)NCc2ccccc2)c1. The Balaban J connectivity index is 1.88. The van der Waals surface area contributed by atoms with Crippen LogP contribution < -0.4 is 15.4 Å². The summed E-state index contributed by atoms with van der Waals surface area (Å²) in [7, 11) is 1.56. The lowest BCUT2D eigenvalue weighted by atomic mass is 10.2. The molecule has 0 aliphatic rings. The molecule has 0 spiro atoms. The van der Waals surface area contributed by atoms with Crippen LogP contribution in [0.2, 0.25) is 0 Å². The number of rotatable bonds is 4. The molecule has 0 saturated heterocycles. The molecule has 0 atom stereocenters. The van der Waals surface area contributed by atoms with E-state index in [1.54, 1.807) is 31.4 Å². The first-order valence-corrected chi connectivity index (χ1v) is 6.87. The average molecular weight is 300 g/mol. The van der Waals surface area contributed by atoms with Crippen molar-refractivity contribution >= 4 is 23.2 Å². The van der Waals surface area contributed by atoms with Crippen molar-refractivity contribution in [3.8, 4) is 5.75 Å². The largest absolute Gasteiger partial charge is 0.497 e. The number of amides is 1. The molecule has 2 aromatic carbocycles. The van der Waals surface area contributed by atoms with E-state index in [1.807, 2.05) is 30.3 Å². The minimum atomic E-state index is -0.264. The van der Waals surface area contributed by atoms with E-state index in [9.17, 15) is 4.79 Å². The zero-order valence-corrected chi connectivity index (χ0v) is 12.4. The standard InChI is InChI=1S/C16H16N2O2S/c1-20-14-9-5-8-13(10-14)15(19)18-16(21)17-11-12-6-3-2-4-7-12/h2-10H,11H2,1H3,(H2,17,18,19,21). The summed E-state index contributed by atoms with van der Waals surface area (Å²) >= 11 is 5.12. The summed E-state index contributed by atoms with van der Waals surface area (Å²) in [5.74, 6) is 0.366. The quantitative estimate of drug-likeness (QED) is 0.852. The fraction of sp³-hybridized carbons (Fsp3) is 0.125. The molecule has 4 nitrogen and oxygen atoms in total. The lowest BCUT2D eigenvalue weighted by Gasteiger charge is -2.10. The zero-order valence-electron chi connectivity index (χ0n) is 11.6. The highest BCUT2D eigenvalue weighted by atomic mass is 32.1. The maximum Gasteiger partial charge on any atom is 0.257 e. The number of thiocarbonyl (C=S) groups is 1. The van der Waals surface area contributed by atoms with Gasteiger partial charge in [-0.15, -0.1) is 0 Å². The molecule has 21 heavy (non-hydrogen) atoms. The van der Waals surface area contributed by atoms with Gasteiger partial charge in [0, 0.05) is 12.1 Å². The van der Waals surface area contributed by atoms with E-state index >= 15 is 0 Å². The second kappa shape index (κ2) is 7.40. The number of nitrogens with one attached hydrogen (secondary N) is 2. The summed E-state index contributed by atoms with van der Waals surface area (Å²) in [5, 5.41) is 5.94. The van der Waals surface area contributed by atoms with Gasteiger partial charge in [-0.25, -0.2) is 0 Å². The third kappa shape index (κ3) is 4.57. The van der Waals surface area contributed by atoms with E-state index in [0.29, 0.717) is 23.0 Å². The summed E-state index contributed by atoms with van der Waals surface area (Å²) in [6, 6.07) is 16.7. The van der Waals surface area contributed by atoms with E-state index in [4.69, 9.17) is 17.0 Å². The molecular formula is C16H16N2O2S. The van der Waals surface area contributed by atoms with Crippen LogP contribution in [0.15, 0.2) is 54.6 Å². The highest BCUT2D eigenvalue weighted by Gasteiger charge is 2.08. The van der Waals surface area contributed by atoms with Crippen molar-refractivity contribution in [1.82, 2.24) is 10.6 Å². The van der Waals surface area contributed by atoms with Gasteiger partial charge in [-0.3, -0.25) is 10.1 Å². The Bertz CT molecular complexity index is 629. The normalized spacial score (nSPS) is 9.76. The number of ether oxygens (including phenoxy) is 1. The molecule has 0 fully saturated rings. The van der Waals surface area contributed by atoms with Crippen molar-refractivity contribution in [2.75, 3.05) is 7.11 Å². The zero-order chi connectivity index (χ0) is 15.1. The molecule has 0 radical (unpaired) electrons. The molecule has 2 aromatic rings. The molecule has 0 heterocycles. The number of carbonyl (C=O) groups is 1. The lowest BCUT2D eigenvalue weighted by molar-refractivity contribution is 0.0976. The van der Waals surface area contributed by atoms with Gasteiger partial charge in [0.25, 0.3) is 5.91 Å². The third-order valence-electron chi connectivity index (χ3n) is 2.85. The topological polar surface area (TPSA) is 50.4 Å². The Kier molecular flexibility index (Phi) is 5.29. The number of hydrogen-bond acceptors (Lipinski definition) is 3. The lowest BCUT2D eigenvalue weighted by Crippen LogP contribution is -2.38. The van der Waals surface area contributed by atoms with Crippen LogP contribution in [0.25, 0.3) is 0 Å². The Morgan fingerprint density at radius 2 is 1.90 bits per heavy atom. The Morgan fingerprint density at radius 3 is 2.62 bits per heavy atom. The molecule has 108 valence electrons. The van der Waals surface area contributed by atoms with Crippen molar-refractivity contribution in [2.24, 2.45) is 0 Å². The van der Waals surface area contributed by atoms with Gasteiger partial charge in [0.15, 0.2) is 5.11 Å². The molecule has 0 aliphatic carbocycles. The number of benzene rings is 2. The molecule has 2 N–H and O–H groups in total. The molecule has 0 bridgehead atoms. The van der Waals surface area contributed by atoms with Crippen LogP contribution in [0.5, 0.6) is 5.75 Å². The smallest absolute Gasteiger partial charge is 0.257 e. The molecule has 2 rings (SSSR count). The first-order chi connectivity index (χ1) is 10.2. The fourth-order valence-corrected chi connectivity index (χ4v) is 1.93. The van der Waals surface area contributed by atoms with Crippen LogP contribution in [0.3, 0.4) is 0 Å². The van der Waals surface area contributed by atoms with Gasteiger partial charge in [0.05, 0.1) is 7.11 Å². The third-order valence-corrected chi connectivity index (χ3v) is 3.10. The molecule has 0 saturated carbocycles. The van der Waals surface area contributed by atoms with Gasteiger partial charge in [0.1, 0.15) is 5.75 Å². The van der Waals surface area contributed by atoms with E-state index in [-0.39, 0.29) is 5.91 Å². The van der Waals surface area contributed by atoms with E-state index < -0.39 is 0 Å². The molecule has 5 heteroatoms. The van der Waals surface area contributed by atoms with Crippen LogP contribution in [0, 0.1) is 0 Å². The van der Waals surface area contributed by atoms with Gasteiger partial charge in [-0.05, 0) is 36.0 Å². The van der Waals surface area contributed by atoms with E-state index in [1.165, 1.54) is 0 Å². The first kappa shape index (κ1) is 15.0. The predicted octanol–water partition coefficient (Wildman–Crippen LogP) is 2.50. The molecular weight excluding hydrogens is 284 g/mol. The van der Waals surface area contributed by atoms with Crippen LogP contribution in [-0.2, 0) is 6.54 Å². The van der Waals surface area contributed by atoms with Crippen molar-refractivity contribution in [1.29, 1.82) is 0 Å². The minimum Gasteiger partial charge on any atom is -0.497 e. The molecule has 0 aromatic heterocycles. The van der Waals surface area contributed by atoms with Gasteiger partial charge < -0.3 is 10.1 Å². The van der Waals surface area contributed by atoms with Crippen molar-refractivity contribution in [3.63, 3.8) is 0 Å². The maximum atomic E-state index is 12.0. The number of hydrogen-bond donors (Lipinski definition) is 2. The fourth-order valence-electron chi connectivity index (χ4n) is 1.76. The van der Waals surface area contributed by atoms with E-state index in [2.05, 4.69) is 10.6 Å². The van der Waals surface area contributed by atoms with Gasteiger partial charge in [0.2, 0.25) is 0 Å². The number of carbonyl (C=O) groups excluding carboxylic acids is 1. The van der Waals surface area contributed by atoms with Gasteiger partial charge in [-0.1, -0.05) is 36.4 Å².